The summed E-state index contributed by atoms with van der Waals surface area (Å²) < 4.78 is 4.54. The second kappa shape index (κ2) is 9.55. The van der Waals surface area contributed by atoms with Crippen LogP contribution in [0.3, 0.4) is 0 Å². The van der Waals surface area contributed by atoms with Crippen molar-refractivity contribution in [2.75, 3.05) is 13.1 Å². The number of aromatic hydroxyl groups is 1. The fourth-order valence-electron chi connectivity index (χ4n) is 5.59. The molecule has 2 aliphatic heterocycles. The number of hydrogen-bond acceptors (Lipinski definition) is 5. The molecule has 1 amide bonds. The van der Waals surface area contributed by atoms with Crippen LogP contribution in [0.2, 0.25) is 5.02 Å². The van der Waals surface area contributed by atoms with Crippen LogP contribution in [0.1, 0.15) is 28.4 Å². The van der Waals surface area contributed by atoms with E-state index in [1.54, 1.807) is 30.3 Å². The molecule has 10 heteroatoms. The van der Waals surface area contributed by atoms with Crippen LogP contribution in [0.4, 0.5) is 5.69 Å². The molecule has 4 aromatic rings. The van der Waals surface area contributed by atoms with Crippen LogP contribution >= 0.6 is 27.5 Å². The Kier molecular flexibility index (Phi) is 6.22. The minimum Gasteiger partial charge on any atom is -0.493 e. The number of carbonyl (C=O) groups is 1. The third kappa shape index (κ3) is 4.52. The summed E-state index contributed by atoms with van der Waals surface area (Å²) >= 11 is 9.41. The first-order valence-electron chi connectivity index (χ1n) is 12.0. The Morgan fingerprint density at radius 1 is 1.08 bits per heavy atom. The van der Waals surface area contributed by atoms with Crippen molar-refractivity contribution < 1.29 is 9.90 Å². The quantitative estimate of drug-likeness (QED) is 0.303. The van der Waals surface area contributed by atoms with Crippen LogP contribution in [0.5, 0.6) is 5.88 Å². The van der Waals surface area contributed by atoms with Crippen LogP contribution in [0.15, 0.2) is 80.2 Å². The lowest BCUT2D eigenvalue weighted by atomic mass is 9.83. The average molecular weight is 581 g/mol. The molecule has 6 rings (SSSR count). The Bertz CT molecular complexity index is 1610. The van der Waals surface area contributed by atoms with E-state index < -0.39 is 5.91 Å². The van der Waals surface area contributed by atoms with E-state index in [2.05, 4.69) is 31.1 Å². The van der Waals surface area contributed by atoms with Crippen molar-refractivity contribution in [1.82, 2.24) is 14.0 Å². The van der Waals surface area contributed by atoms with Gasteiger partial charge in [0.15, 0.2) is 5.69 Å². The van der Waals surface area contributed by atoms with Gasteiger partial charge in [0.1, 0.15) is 0 Å². The molecule has 37 heavy (non-hydrogen) atoms. The first-order valence-corrected chi connectivity index (χ1v) is 13.2. The van der Waals surface area contributed by atoms with E-state index in [1.807, 2.05) is 39.5 Å². The Balaban J connectivity index is 1.31. The zero-order valence-corrected chi connectivity index (χ0v) is 22.1. The molecule has 0 radical (unpaired) electrons. The summed E-state index contributed by atoms with van der Waals surface area (Å²) in [5.74, 6) is 0.0501. The summed E-state index contributed by atoms with van der Waals surface area (Å²) in [6, 6.07) is 17.6. The molecule has 2 unspecified atom stereocenters. The molecule has 1 N–H and O–H groups in total. The average Bonchev–Trinajstić information content (AvgIpc) is 3.13. The van der Waals surface area contributed by atoms with Gasteiger partial charge in [0.25, 0.3) is 11.5 Å². The molecule has 0 spiro atoms. The van der Waals surface area contributed by atoms with E-state index in [0.29, 0.717) is 35.1 Å². The Morgan fingerprint density at radius 3 is 2.70 bits per heavy atom. The van der Waals surface area contributed by atoms with E-state index in [9.17, 15) is 14.7 Å². The number of benzene rings is 2. The number of hydrogen-bond donors (Lipinski definition) is 1. The lowest BCUT2D eigenvalue weighted by Crippen LogP contribution is -2.47. The Hall–Kier alpha value is -3.27. The predicted molar refractivity (Wildman–Crippen MR) is 145 cm³/mol. The van der Waals surface area contributed by atoms with Gasteiger partial charge in [-0.05, 0) is 60.9 Å². The third-order valence-corrected chi connectivity index (χ3v) is 7.95. The lowest BCUT2D eigenvalue weighted by Gasteiger charge is -2.42. The highest BCUT2D eigenvalue weighted by atomic mass is 79.9. The topological polar surface area (TPSA) is 92.2 Å². The maximum atomic E-state index is 12.6. The zero-order valence-electron chi connectivity index (χ0n) is 19.7. The van der Waals surface area contributed by atoms with Gasteiger partial charge < -0.3 is 9.67 Å². The Labute approximate surface area is 225 Å². The summed E-state index contributed by atoms with van der Waals surface area (Å²) in [4.78, 5) is 27.2. The normalized spacial score (nSPS) is 19.4. The molecule has 1 saturated heterocycles. The highest BCUT2D eigenvalue weighted by Gasteiger charge is 2.35. The van der Waals surface area contributed by atoms with Gasteiger partial charge in [0.2, 0.25) is 5.88 Å². The lowest BCUT2D eigenvalue weighted by molar-refractivity contribution is 0.0922. The van der Waals surface area contributed by atoms with Crippen molar-refractivity contribution in [3.05, 3.63) is 91.8 Å². The first-order chi connectivity index (χ1) is 17.9. The minimum atomic E-state index is -0.523. The number of carbonyl (C=O) groups excluding carboxylic acids is 1. The number of pyridine rings is 1. The molecule has 2 bridgehead atoms. The SMILES string of the molecule is O=C(N=Nc1c(O)n(CN2CC3CC(C2)c2cccc(=O)n2C3)c2ccc(Br)cc12)c1ccc(Cl)cc1. The predicted octanol–water partition coefficient (Wildman–Crippen LogP) is 5.93. The van der Waals surface area contributed by atoms with Gasteiger partial charge in [0.05, 0.1) is 12.2 Å². The molecule has 2 atom stereocenters. The molecule has 2 aliphatic rings. The molecular weight excluding hydrogens is 558 g/mol. The van der Waals surface area contributed by atoms with Crippen LogP contribution in [0, 0.1) is 5.92 Å². The van der Waals surface area contributed by atoms with Crippen molar-refractivity contribution in [2.45, 2.75) is 25.6 Å². The zero-order chi connectivity index (χ0) is 25.7. The number of fused-ring (bicyclic) bond motifs is 5. The first kappa shape index (κ1) is 24.1. The fraction of sp³-hybridized carbons (Fsp3) is 0.259. The van der Waals surface area contributed by atoms with Gasteiger partial charge in [-0.15, -0.1) is 10.2 Å². The Morgan fingerprint density at radius 2 is 1.89 bits per heavy atom. The van der Waals surface area contributed by atoms with E-state index in [0.717, 1.165) is 35.2 Å². The van der Waals surface area contributed by atoms with Crippen LogP contribution < -0.4 is 5.56 Å². The van der Waals surface area contributed by atoms with E-state index in [1.165, 1.54) is 0 Å². The maximum absolute atomic E-state index is 12.6. The van der Waals surface area contributed by atoms with Crippen molar-refractivity contribution >= 4 is 50.0 Å². The van der Waals surface area contributed by atoms with Crippen molar-refractivity contribution in [1.29, 1.82) is 0 Å². The molecule has 4 heterocycles. The standard InChI is InChI=1S/C27H23BrClN5O3/c28-19-6-9-23-21(11-19)25(30-31-26(36)17-4-7-20(29)8-5-17)27(37)34(23)15-32-12-16-10-18(14-32)22-2-1-3-24(35)33(22)13-16/h1-9,11,16,18,37H,10,12-15H2. The smallest absolute Gasteiger partial charge is 0.295 e. The highest BCUT2D eigenvalue weighted by molar-refractivity contribution is 9.10. The monoisotopic (exact) mass is 579 g/mol. The number of amides is 1. The van der Waals surface area contributed by atoms with Gasteiger partial charge >= 0.3 is 0 Å². The summed E-state index contributed by atoms with van der Waals surface area (Å²) in [5, 5.41) is 20.5. The molecule has 0 saturated carbocycles. The molecule has 0 aliphatic carbocycles. The molecule has 2 aromatic heterocycles. The third-order valence-electron chi connectivity index (χ3n) is 7.20. The van der Waals surface area contributed by atoms with Crippen LogP contribution in [-0.4, -0.2) is 38.1 Å². The molecular formula is C27H23BrClN5O3. The maximum Gasteiger partial charge on any atom is 0.295 e. The molecule has 1 fully saturated rings. The summed E-state index contributed by atoms with van der Waals surface area (Å²) in [6.45, 7) is 2.76. The minimum absolute atomic E-state index is 0.0480. The highest BCUT2D eigenvalue weighted by Crippen LogP contribution is 2.41. The molecule has 188 valence electrons. The van der Waals surface area contributed by atoms with Crippen molar-refractivity contribution in [2.24, 2.45) is 16.1 Å². The van der Waals surface area contributed by atoms with Gasteiger partial charge in [0, 0.05) is 57.8 Å². The van der Waals surface area contributed by atoms with Gasteiger partial charge in [-0.2, -0.15) is 0 Å². The number of halogens is 2. The number of likely N-dealkylation sites (tertiary alicyclic amines) is 1. The van der Waals surface area contributed by atoms with E-state index in [-0.39, 0.29) is 23.0 Å². The summed E-state index contributed by atoms with van der Waals surface area (Å²) in [6.07, 6.45) is 1.05. The van der Waals surface area contributed by atoms with Gasteiger partial charge in [-0.1, -0.05) is 33.6 Å². The van der Waals surface area contributed by atoms with Crippen molar-refractivity contribution in [3.8, 4) is 5.88 Å². The number of nitrogens with zero attached hydrogens (tertiary/aromatic N) is 5. The fourth-order valence-corrected chi connectivity index (χ4v) is 6.08. The molecule has 8 nitrogen and oxygen atoms in total. The van der Waals surface area contributed by atoms with E-state index in [4.69, 9.17) is 11.6 Å². The van der Waals surface area contributed by atoms with Crippen molar-refractivity contribution in [3.63, 3.8) is 0 Å². The largest absolute Gasteiger partial charge is 0.493 e. The van der Waals surface area contributed by atoms with Crippen LogP contribution in [0.25, 0.3) is 10.9 Å². The summed E-state index contributed by atoms with van der Waals surface area (Å²) in [5.41, 5.74) is 2.53. The second-order valence-electron chi connectivity index (χ2n) is 9.65. The van der Waals surface area contributed by atoms with Gasteiger partial charge in [-0.3, -0.25) is 19.1 Å². The number of rotatable bonds is 4. The number of azo groups is 1. The number of aromatic nitrogens is 2. The van der Waals surface area contributed by atoms with E-state index >= 15 is 0 Å². The van der Waals surface area contributed by atoms with Gasteiger partial charge in [-0.25, -0.2) is 0 Å². The van der Waals surface area contributed by atoms with Crippen LogP contribution in [-0.2, 0) is 13.2 Å². The summed E-state index contributed by atoms with van der Waals surface area (Å²) in [7, 11) is 0. The molecule has 2 aromatic carbocycles. The number of piperidine rings is 1. The second-order valence-corrected chi connectivity index (χ2v) is 11.0.